The predicted molar refractivity (Wildman–Crippen MR) is 135 cm³/mol. The van der Waals surface area contributed by atoms with Crippen LogP contribution in [-0.2, 0) is 21.2 Å². The molecule has 3 rings (SSSR count). The molecule has 36 heavy (non-hydrogen) atoms. The van der Waals surface area contributed by atoms with Crippen LogP contribution >= 0.6 is 11.6 Å². The third-order valence-corrected chi connectivity index (χ3v) is 6.04. The second-order valence-corrected chi connectivity index (χ2v) is 10.0. The van der Waals surface area contributed by atoms with Crippen molar-refractivity contribution in [3.8, 4) is 16.9 Å². The summed E-state index contributed by atoms with van der Waals surface area (Å²) in [6, 6.07) is 17.0. The van der Waals surface area contributed by atoms with Gasteiger partial charge in [-0.05, 0) is 35.4 Å². The number of halogens is 1. The number of carbonyl (C=O) groups excluding carboxylic acids is 2. The number of carboxylic acids is 1. The van der Waals surface area contributed by atoms with E-state index in [0.29, 0.717) is 11.3 Å². The maximum absolute atomic E-state index is 12.7. The molecule has 0 radical (unpaired) electrons. The Kier molecular flexibility index (Phi) is 8.33. The standard InChI is InChI=1S/C25H23ClN2O7S/c1-35-22-6-4-3-5-18(22)16-9-7-15(8-10-16)13-21(25(31)32)27-24(30)19-12-11-17(14-20(19)26)23(29)28-36(2,33)34/h3-12,14,21H,13H2,1-2H3,(H,27,30)(H,28,29)(H,31,32)/t21-/m0/s1. The summed E-state index contributed by atoms with van der Waals surface area (Å²) in [7, 11) is -2.20. The first-order valence-corrected chi connectivity index (χ1v) is 12.8. The minimum atomic E-state index is -3.78. The van der Waals surface area contributed by atoms with Crippen LogP contribution < -0.4 is 14.8 Å². The van der Waals surface area contributed by atoms with E-state index < -0.39 is 33.8 Å². The molecule has 0 aliphatic carbocycles. The number of carbonyl (C=O) groups is 3. The first-order chi connectivity index (χ1) is 17.0. The molecular weight excluding hydrogens is 508 g/mol. The second kappa shape index (κ2) is 11.2. The molecule has 0 heterocycles. The lowest BCUT2D eigenvalue weighted by atomic mass is 10.00. The smallest absolute Gasteiger partial charge is 0.326 e. The summed E-state index contributed by atoms with van der Waals surface area (Å²) in [5.74, 6) is -2.20. The third kappa shape index (κ3) is 6.83. The molecule has 0 aromatic heterocycles. The number of aliphatic carboxylic acids is 1. The number of para-hydroxylation sites is 1. The summed E-state index contributed by atoms with van der Waals surface area (Å²) in [4.78, 5) is 36.5. The van der Waals surface area contributed by atoms with Gasteiger partial charge in [-0.1, -0.05) is 54.1 Å². The maximum atomic E-state index is 12.7. The van der Waals surface area contributed by atoms with Gasteiger partial charge in [-0.25, -0.2) is 17.9 Å². The van der Waals surface area contributed by atoms with Crippen LogP contribution in [-0.4, -0.2) is 50.7 Å². The highest BCUT2D eigenvalue weighted by molar-refractivity contribution is 7.89. The largest absolute Gasteiger partial charge is 0.496 e. The number of nitrogens with one attached hydrogen (secondary N) is 2. The molecule has 0 saturated heterocycles. The molecule has 3 aromatic carbocycles. The Balaban J connectivity index is 1.73. The van der Waals surface area contributed by atoms with Crippen molar-refractivity contribution in [1.82, 2.24) is 10.0 Å². The number of ether oxygens (including phenoxy) is 1. The lowest BCUT2D eigenvalue weighted by Gasteiger charge is -2.16. The summed E-state index contributed by atoms with van der Waals surface area (Å²) in [6.45, 7) is 0. The average Bonchev–Trinajstić information content (AvgIpc) is 2.82. The van der Waals surface area contributed by atoms with Crippen molar-refractivity contribution in [2.24, 2.45) is 0 Å². The van der Waals surface area contributed by atoms with E-state index in [0.717, 1.165) is 23.4 Å². The quantitative estimate of drug-likeness (QED) is 0.386. The number of hydrogen-bond acceptors (Lipinski definition) is 6. The number of methoxy groups -OCH3 is 1. The number of hydrogen-bond donors (Lipinski definition) is 3. The molecule has 0 spiro atoms. The molecule has 0 aliphatic rings. The van der Waals surface area contributed by atoms with Crippen molar-refractivity contribution in [3.63, 3.8) is 0 Å². The SMILES string of the molecule is COc1ccccc1-c1ccc(C[C@H](NC(=O)c2ccc(C(=O)NS(C)(=O)=O)cc2Cl)C(=O)O)cc1. The van der Waals surface area contributed by atoms with E-state index in [2.05, 4.69) is 5.32 Å². The lowest BCUT2D eigenvalue weighted by Crippen LogP contribution is -2.42. The highest BCUT2D eigenvalue weighted by atomic mass is 35.5. The minimum Gasteiger partial charge on any atom is -0.496 e. The Morgan fingerprint density at radius 2 is 1.67 bits per heavy atom. The summed E-state index contributed by atoms with van der Waals surface area (Å²) < 4.78 is 29.7. The average molecular weight is 531 g/mol. The molecule has 0 unspecified atom stereocenters. The van der Waals surface area contributed by atoms with Gasteiger partial charge >= 0.3 is 5.97 Å². The minimum absolute atomic E-state index is 0.0136. The molecule has 0 aliphatic heterocycles. The van der Waals surface area contributed by atoms with E-state index in [-0.39, 0.29) is 22.6 Å². The van der Waals surface area contributed by atoms with E-state index in [4.69, 9.17) is 16.3 Å². The van der Waals surface area contributed by atoms with Crippen molar-refractivity contribution in [2.75, 3.05) is 13.4 Å². The van der Waals surface area contributed by atoms with Gasteiger partial charge < -0.3 is 15.2 Å². The fourth-order valence-electron chi connectivity index (χ4n) is 3.44. The fraction of sp³-hybridized carbons (Fsp3) is 0.160. The van der Waals surface area contributed by atoms with Crippen LogP contribution in [0.5, 0.6) is 5.75 Å². The number of amides is 2. The van der Waals surface area contributed by atoms with Gasteiger partial charge in [-0.3, -0.25) is 9.59 Å². The van der Waals surface area contributed by atoms with Crippen molar-refractivity contribution in [3.05, 3.63) is 88.4 Å². The van der Waals surface area contributed by atoms with Crippen LogP contribution in [0.4, 0.5) is 0 Å². The summed E-state index contributed by atoms with van der Waals surface area (Å²) in [5, 5.41) is 11.9. The van der Waals surface area contributed by atoms with Crippen LogP contribution in [0.15, 0.2) is 66.7 Å². The van der Waals surface area contributed by atoms with Crippen molar-refractivity contribution >= 4 is 39.4 Å². The van der Waals surface area contributed by atoms with E-state index in [1.165, 1.54) is 12.1 Å². The van der Waals surface area contributed by atoms with Gasteiger partial charge in [0.05, 0.1) is 24.0 Å². The molecule has 1 atom stereocenters. The number of sulfonamides is 1. The van der Waals surface area contributed by atoms with Gasteiger partial charge in [0, 0.05) is 17.5 Å². The molecule has 0 saturated carbocycles. The topological polar surface area (TPSA) is 139 Å². The van der Waals surface area contributed by atoms with Gasteiger partial charge in [0.15, 0.2) is 0 Å². The molecular formula is C25H23ClN2O7S. The zero-order chi connectivity index (χ0) is 26.5. The van der Waals surface area contributed by atoms with E-state index in [9.17, 15) is 27.9 Å². The first kappa shape index (κ1) is 26.7. The van der Waals surface area contributed by atoms with Gasteiger partial charge in [0.1, 0.15) is 11.8 Å². The molecule has 9 nitrogen and oxygen atoms in total. The molecule has 0 fully saturated rings. The van der Waals surface area contributed by atoms with E-state index in [1.807, 2.05) is 36.4 Å². The number of benzene rings is 3. The van der Waals surface area contributed by atoms with Gasteiger partial charge in [0.2, 0.25) is 10.0 Å². The summed E-state index contributed by atoms with van der Waals surface area (Å²) in [5.41, 5.74) is 2.31. The van der Waals surface area contributed by atoms with Gasteiger partial charge in [-0.15, -0.1) is 0 Å². The summed E-state index contributed by atoms with van der Waals surface area (Å²) in [6.07, 6.45) is 0.839. The monoisotopic (exact) mass is 530 g/mol. The van der Waals surface area contributed by atoms with Crippen molar-refractivity contribution < 1.29 is 32.6 Å². The summed E-state index contributed by atoms with van der Waals surface area (Å²) >= 11 is 6.12. The van der Waals surface area contributed by atoms with E-state index in [1.54, 1.807) is 24.0 Å². The molecule has 0 bridgehead atoms. The van der Waals surface area contributed by atoms with Crippen molar-refractivity contribution in [2.45, 2.75) is 12.5 Å². The number of rotatable bonds is 9. The van der Waals surface area contributed by atoms with Crippen LogP contribution in [0.3, 0.4) is 0 Å². The van der Waals surface area contributed by atoms with Gasteiger partial charge in [0.25, 0.3) is 11.8 Å². The van der Waals surface area contributed by atoms with Crippen LogP contribution in [0.1, 0.15) is 26.3 Å². The van der Waals surface area contributed by atoms with Crippen molar-refractivity contribution in [1.29, 1.82) is 0 Å². The Morgan fingerprint density at radius 3 is 2.25 bits per heavy atom. The molecule has 3 N–H and O–H groups in total. The molecule has 188 valence electrons. The Bertz CT molecular complexity index is 1410. The highest BCUT2D eigenvalue weighted by Crippen LogP contribution is 2.29. The lowest BCUT2D eigenvalue weighted by molar-refractivity contribution is -0.139. The van der Waals surface area contributed by atoms with Crippen LogP contribution in [0, 0.1) is 0 Å². The molecule has 3 aromatic rings. The number of carboxylic acid groups (broad SMARTS) is 1. The fourth-order valence-corrected chi connectivity index (χ4v) is 4.16. The van der Waals surface area contributed by atoms with Gasteiger partial charge in [-0.2, -0.15) is 0 Å². The first-order valence-electron chi connectivity index (χ1n) is 10.6. The Hall–Kier alpha value is -3.89. The van der Waals surface area contributed by atoms with E-state index >= 15 is 0 Å². The third-order valence-electron chi connectivity index (χ3n) is 5.17. The normalized spacial score (nSPS) is 11.9. The maximum Gasteiger partial charge on any atom is 0.326 e. The van der Waals surface area contributed by atoms with Crippen LogP contribution in [0.25, 0.3) is 11.1 Å². The zero-order valence-corrected chi connectivity index (χ0v) is 20.9. The Labute approximate surface area is 213 Å². The molecule has 2 amide bonds. The predicted octanol–water partition coefficient (Wildman–Crippen LogP) is 3.13. The molecule has 11 heteroatoms. The Morgan fingerprint density at radius 1 is 1.00 bits per heavy atom. The van der Waals surface area contributed by atoms with Crippen LogP contribution in [0.2, 0.25) is 5.02 Å². The highest BCUT2D eigenvalue weighted by Gasteiger charge is 2.23. The zero-order valence-electron chi connectivity index (χ0n) is 19.3. The second-order valence-electron chi connectivity index (χ2n) is 7.86.